The topological polar surface area (TPSA) is 81.9 Å². The van der Waals surface area contributed by atoms with Gasteiger partial charge in [-0.15, -0.1) is 21.5 Å². The zero-order chi connectivity index (χ0) is 24.9. The molecule has 0 aliphatic rings. The molecule has 1 amide bonds. The maximum Gasteiger partial charge on any atom is 0.236 e. The van der Waals surface area contributed by atoms with Gasteiger partial charge in [0.1, 0.15) is 5.75 Å². The monoisotopic (exact) mass is 527 g/mol. The van der Waals surface area contributed by atoms with Gasteiger partial charge in [0.25, 0.3) is 0 Å². The third kappa shape index (κ3) is 6.22. The molecule has 1 N–H and O–H groups in total. The van der Waals surface area contributed by atoms with Crippen molar-refractivity contribution in [1.82, 2.24) is 19.7 Å². The van der Waals surface area contributed by atoms with Crippen molar-refractivity contribution in [3.05, 3.63) is 69.8 Å². The van der Waals surface area contributed by atoms with Gasteiger partial charge in [0.05, 0.1) is 11.4 Å². The van der Waals surface area contributed by atoms with Crippen LogP contribution in [0.25, 0.3) is 11.3 Å². The number of amides is 1. The van der Waals surface area contributed by atoms with E-state index in [-0.39, 0.29) is 17.8 Å². The van der Waals surface area contributed by atoms with Crippen molar-refractivity contribution < 1.29 is 9.53 Å². The minimum Gasteiger partial charge on any atom is -0.483 e. The van der Waals surface area contributed by atoms with Crippen LogP contribution in [0.1, 0.15) is 36.9 Å². The summed E-state index contributed by atoms with van der Waals surface area (Å²) in [6, 6.07) is 13.5. The lowest BCUT2D eigenvalue weighted by Crippen LogP contribution is -2.15. The Labute approximate surface area is 217 Å². The van der Waals surface area contributed by atoms with Crippen LogP contribution in [0.2, 0.25) is 5.02 Å². The van der Waals surface area contributed by atoms with Crippen LogP contribution in [0.5, 0.6) is 5.75 Å². The number of ether oxygens (including phenoxy) is 1. The van der Waals surface area contributed by atoms with Gasteiger partial charge in [-0.25, -0.2) is 4.98 Å². The number of carbonyl (C=O) groups is 1. The highest BCUT2D eigenvalue weighted by atomic mass is 35.5. The molecule has 0 fully saturated rings. The van der Waals surface area contributed by atoms with Crippen LogP contribution < -0.4 is 10.1 Å². The Balaban J connectivity index is 1.36. The molecular weight excluding hydrogens is 502 g/mol. The maximum absolute atomic E-state index is 12.6. The molecule has 4 aromatic rings. The highest BCUT2D eigenvalue weighted by molar-refractivity contribution is 7.99. The zero-order valence-electron chi connectivity index (χ0n) is 19.9. The SMILES string of the molecule is CCn1c(SCC(=O)Nc2nc(-c3ccc(Cl)cc3)cs2)nnc1C(C)Oc1ccc(C)c(C)c1. The number of halogens is 1. The molecule has 0 radical (unpaired) electrons. The molecule has 2 aromatic heterocycles. The number of nitrogens with one attached hydrogen (secondary N) is 1. The number of thiazole rings is 1. The van der Waals surface area contributed by atoms with Gasteiger partial charge in [-0.05, 0) is 63.1 Å². The summed E-state index contributed by atoms with van der Waals surface area (Å²) in [7, 11) is 0. The molecule has 0 saturated carbocycles. The van der Waals surface area contributed by atoms with Crippen LogP contribution in [-0.2, 0) is 11.3 Å². The third-order valence-electron chi connectivity index (χ3n) is 5.44. The molecule has 7 nitrogen and oxygen atoms in total. The minimum absolute atomic E-state index is 0.154. The number of hydrogen-bond acceptors (Lipinski definition) is 7. The fourth-order valence-corrected chi connectivity index (χ4v) is 5.09. The van der Waals surface area contributed by atoms with Crippen molar-refractivity contribution in [2.45, 2.75) is 45.5 Å². The van der Waals surface area contributed by atoms with E-state index in [1.807, 2.05) is 66.3 Å². The largest absolute Gasteiger partial charge is 0.483 e. The molecule has 1 atom stereocenters. The molecule has 2 aromatic carbocycles. The van der Waals surface area contributed by atoms with Gasteiger partial charge in [0.2, 0.25) is 5.91 Å². The number of rotatable bonds is 9. The molecule has 35 heavy (non-hydrogen) atoms. The van der Waals surface area contributed by atoms with Crippen molar-refractivity contribution in [1.29, 1.82) is 0 Å². The minimum atomic E-state index is -0.283. The second-order valence-electron chi connectivity index (χ2n) is 7.97. The van der Waals surface area contributed by atoms with E-state index in [9.17, 15) is 4.79 Å². The Morgan fingerprint density at radius 1 is 1.17 bits per heavy atom. The van der Waals surface area contributed by atoms with Crippen molar-refractivity contribution in [3.8, 4) is 17.0 Å². The second kappa shape index (κ2) is 11.2. The summed E-state index contributed by atoms with van der Waals surface area (Å²) < 4.78 is 8.09. The van der Waals surface area contributed by atoms with Gasteiger partial charge in [-0.1, -0.05) is 41.6 Å². The van der Waals surface area contributed by atoms with E-state index in [2.05, 4.69) is 34.3 Å². The van der Waals surface area contributed by atoms with Crippen molar-refractivity contribution >= 4 is 45.7 Å². The lowest BCUT2D eigenvalue weighted by Gasteiger charge is -2.16. The number of hydrogen-bond donors (Lipinski definition) is 1. The maximum atomic E-state index is 12.6. The Bertz CT molecular complexity index is 1320. The summed E-state index contributed by atoms with van der Waals surface area (Å²) in [6.07, 6.45) is -0.283. The number of aryl methyl sites for hydroxylation is 2. The standard InChI is InChI=1S/C25H26ClN5O2S2/c1-5-31-23(17(4)33-20-11-6-15(2)16(3)12-20)29-30-25(31)35-14-22(32)28-24-27-21(13-34-24)18-7-9-19(26)10-8-18/h6-13,17H,5,14H2,1-4H3,(H,27,28,32). The van der Waals surface area contributed by atoms with Gasteiger partial charge in [-0.2, -0.15) is 0 Å². The molecular formula is C25H26ClN5O2S2. The number of benzene rings is 2. The van der Waals surface area contributed by atoms with E-state index in [4.69, 9.17) is 16.3 Å². The third-order valence-corrected chi connectivity index (χ3v) is 7.42. The average Bonchev–Trinajstić information content (AvgIpc) is 3.47. The smallest absolute Gasteiger partial charge is 0.236 e. The van der Waals surface area contributed by atoms with E-state index in [0.717, 1.165) is 22.8 Å². The molecule has 0 saturated heterocycles. The summed E-state index contributed by atoms with van der Waals surface area (Å²) in [5.74, 6) is 1.56. The molecule has 0 aliphatic carbocycles. The van der Waals surface area contributed by atoms with Crippen LogP contribution in [0, 0.1) is 13.8 Å². The summed E-state index contributed by atoms with van der Waals surface area (Å²) in [5.41, 5.74) is 4.14. The van der Waals surface area contributed by atoms with Crippen LogP contribution in [0.15, 0.2) is 53.0 Å². The Morgan fingerprint density at radius 2 is 1.94 bits per heavy atom. The number of thioether (sulfide) groups is 1. The summed E-state index contributed by atoms with van der Waals surface area (Å²) >= 11 is 8.67. The summed E-state index contributed by atoms with van der Waals surface area (Å²) in [6.45, 7) is 8.78. The molecule has 0 aliphatic heterocycles. The number of carbonyl (C=O) groups excluding carboxylic acids is 1. The number of aromatic nitrogens is 4. The number of nitrogens with zero attached hydrogens (tertiary/aromatic N) is 4. The van der Waals surface area contributed by atoms with E-state index in [1.165, 1.54) is 34.2 Å². The second-order valence-corrected chi connectivity index (χ2v) is 10.2. The molecule has 1 unspecified atom stereocenters. The highest BCUT2D eigenvalue weighted by Gasteiger charge is 2.20. The fraction of sp³-hybridized carbons (Fsp3) is 0.280. The quantitative estimate of drug-likeness (QED) is 0.248. The summed E-state index contributed by atoms with van der Waals surface area (Å²) in [5, 5.41) is 15.3. The molecule has 4 rings (SSSR count). The predicted molar refractivity (Wildman–Crippen MR) is 143 cm³/mol. The summed E-state index contributed by atoms with van der Waals surface area (Å²) in [4.78, 5) is 17.1. The first kappa shape index (κ1) is 25.2. The first-order valence-corrected chi connectivity index (χ1v) is 13.4. The highest BCUT2D eigenvalue weighted by Crippen LogP contribution is 2.28. The average molecular weight is 528 g/mol. The van der Waals surface area contributed by atoms with Gasteiger partial charge in [-0.3, -0.25) is 4.79 Å². The molecule has 10 heteroatoms. The van der Waals surface area contributed by atoms with Crippen LogP contribution >= 0.6 is 34.7 Å². The molecule has 0 bridgehead atoms. The lowest BCUT2D eigenvalue weighted by atomic mass is 10.1. The van der Waals surface area contributed by atoms with Gasteiger partial charge in [0.15, 0.2) is 22.2 Å². The first-order chi connectivity index (χ1) is 16.8. The fourth-order valence-electron chi connectivity index (χ4n) is 3.42. The molecule has 2 heterocycles. The Hall–Kier alpha value is -2.88. The van der Waals surface area contributed by atoms with E-state index < -0.39 is 0 Å². The van der Waals surface area contributed by atoms with Gasteiger partial charge < -0.3 is 14.6 Å². The van der Waals surface area contributed by atoms with Crippen molar-refractivity contribution in [2.24, 2.45) is 0 Å². The zero-order valence-corrected chi connectivity index (χ0v) is 22.3. The molecule has 182 valence electrons. The predicted octanol–water partition coefficient (Wildman–Crippen LogP) is 6.56. The first-order valence-electron chi connectivity index (χ1n) is 11.1. The van der Waals surface area contributed by atoms with E-state index in [0.29, 0.717) is 21.9 Å². The van der Waals surface area contributed by atoms with Crippen LogP contribution in [0.4, 0.5) is 5.13 Å². The Morgan fingerprint density at radius 3 is 2.66 bits per heavy atom. The molecule has 0 spiro atoms. The van der Waals surface area contributed by atoms with Gasteiger partial charge >= 0.3 is 0 Å². The lowest BCUT2D eigenvalue weighted by molar-refractivity contribution is -0.113. The number of anilines is 1. The van der Waals surface area contributed by atoms with Crippen LogP contribution in [-0.4, -0.2) is 31.4 Å². The van der Waals surface area contributed by atoms with Crippen molar-refractivity contribution in [2.75, 3.05) is 11.1 Å². The van der Waals surface area contributed by atoms with Crippen LogP contribution in [0.3, 0.4) is 0 Å². The van der Waals surface area contributed by atoms with Gasteiger partial charge in [0, 0.05) is 22.5 Å². The van der Waals surface area contributed by atoms with E-state index >= 15 is 0 Å². The van der Waals surface area contributed by atoms with Crippen molar-refractivity contribution in [3.63, 3.8) is 0 Å². The normalized spacial score (nSPS) is 11.9. The van der Waals surface area contributed by atoms with E-state index in [1.54, 1.807) is 0 Å². The Kier molecular flexibility index (Phi) is 8.10.